The van der Waals surface area contributed by atoms with Crippen molar-refractivity contribution in [3.05, 3.63) is 33.8 Å². The molecule has 4 heteroatoms. The standard InChI is InChI=1S/C14H19Cl2NO/c1-9-6-7-18-14(9)12(17-2)8-10-4-3-5-11(15)13(10)16/h3-5,9,12,14,17H,6-8H2,1-2H3. The van der Waals surface area contributed by atoms with Crippen LogP contribution >= 0.6 is 23.2 Å². The van der Waals surface area contributed by atoms with Gasteiger partial charge in [-0.05, 0) is 37.4 Å². The summed E-state index contributed by atoms with van der Waals surface area (Å²) in [5.41, 5.74) is 1.08. The lowest BCUT2D eigenvalue weighted by atomic mass is 9.93. The van der Waals surface area contributed by atoms with Gasteiger partial charge >= 0.3 is 0 Å². The fraction of sp³-hybridized carbons (Fsp3) is 0.571. The quantitative estimate of drug-likeness (QED) is 0.915. The average Bonchev–Trinajstić information content (AvgIpc) is 2.77. The lowest BCUT2D eigenvalue weighted by Crippen LogP contribution is -2.42. The first-order valence-corrected chi connectivity index (χ1v) is 7.11. The molecule has 1 heterocycles. The molecular formula is C14H19Cl2NO. The fourth-order valence-electron chi connectivity index (χ4n) is 2.56. The van der Waals surface area contributed by atoms with Crippen molar-refractivity contribution in [1.82, 2.24) is 5.32 Å². The molecule has 100 valence electrons. The van der Waals surface area contributed by atoms with E-state index in [0.29, 0.717) is 16.0 Å². The second kappa shape index (κ2) is 6.25. The third-order valence-electron chi connectivity index (χ3n) is 3.68. The van der Waals surface area contributed by atoms with Crippen LogP contribution in [0.5, 0.6) is 0 Å². The fourth-order valence-corrected chi connectivity index (χ4v) is 2.95. The Kier molecular flexibility index (Phi) is 4.91. The molecule has 1 aromatic rings. The smallest absolute Gasteiger partial charge is 0.0757 e. The van der Waals surface area contributed by atoms with E-state index in [2.05, 4.69) is 12.2 Å². The number of halogens is 2. The predicted octanol–water partition coefficient (Wildman–Crippen LogP) is 3.55. The van der Waals surface area contributed by atoms with Crippen LogP contribution in [0.3, 0.4) is 0 Å². The van der Waals surface area contributed by atoms with E-state index in [1.807, 2.05) is 25.2 Å². The van der Waals surface area contributed by atoms with Gasteiger partial charge in [0.25, 0.3) is 0 Å². The first-order chi connectivity index (χ1) is 8.63. The zero-order valence-corrected chi connectivity index (χ0v) is 12.3. The summed E-state index contributed by atoms with van der Waals surface area (Å²) in [7, 11) is 1.97. The van der Waals surface area contributed by atoms with Crippen molar-refractivity contribution in [1.29, 1.82) is 0 Å². The van der Waals surface area contributed by atoms with Crippen LogP contribution in [0.1, 0.15) is 18.9 Å². The minimum absolute atomic E-state index is 0.255. The molecule has 1 saturated heterocycles. The molecule has 2 nitrogen and oxygen atoms in total. The van der Waals surface area contributed by atoms with Gasteiger partial charge in [0.05, 0.1) is 16.1 Å². The molecule has 0 amide bonds. The van der Waals surface area contributed by atoms with Crippen molar-refractivity contribution in [3.63, 3.8) is 0 Å². The van der Waals surface area contributed by atoms with E-state index in [9.17, 15) is 0 Å². The van der Waals surface area contributed by atoms with Crippen LogP contribution in [0, 0.1) is 5.92 Å². The second-order valence-electron chi connectivity index (χ2n) is 4.91. The summed E-state index contributed by atoms with van der Waals surface area (Å²) in [5.74, 6) is 0.584. The Morgan fingerprint density at radius 2 is 2.22 bits per heavy atom. The minimum Gasteiger partial charge on any atom is -0.376 e. The molecule has 1 aliphatic rings. The highest BCUT2D eigenvalue weighted by Gasteiger charge is 2.31. The van der Waals surface area contributed by atoms with Gasteiger partial charge in [-0.2, -0.15) is 0 Å². The molecule has 1 aromatic carbocycles. The van der Waals surface area contributed by atoms with Gasteiger partial charge in [-0.3, -0.25) is 0 Å². The van der Waals surface area contributed by atoms with E-state index in [4.69, 9.17) is 27.9 Å². The van der Waals surface area contributed by atoms with Crippen molar-refractivity contribution < 1.29 is 4.74 Å². The Labute approximate surface area is 119 Å². The summed E-state index contributed by atoms with van der Waals surface area (Å²) < 4.78 is 5.82. The van der Waals surface area contributed by atoms with Gasteiger partial charge in [0, 0.05) is 12.6 Å². The number of ether oxygens (including phenoxy) is 1. The molecular weight excluding hydrogens is 269 g/mol. The summed E-state index contributed by atoms with van der Waals surface area (Å²) in [4.78, 5) is 0. The number of likely N-dealkylation sites (N-methyl/N-ethyl adjacent to an activating group) is 1. The lowest BCUT2D eigenvalue weighted by Gasteiger charge is -2.26. The lowest BCUT2D eigenvalue weighted by molar-refractivity contribution is 0.0634. The van der Waals surface area contributed by atoms with Crippen LogP contribution in [-0.2, 0) is 11.2 Å². The minimum atomic E-state index is 0.255. The molecule has 0 aliphatic carbocycles. The van der Waals surface area contributed by atoms with Crippen LogP contribution in [0.15, 0.2) is 18.2 Å². The number of hydrogen-bond donors (Lipinski definition) is 1. The summed E-state index contributed by atoms with van der Waals surface area (Å²) in [5, 5.41) is 4.62. The van der Waals surface area contributed by atoms with E-state index in [1.165, 1.54) is 0 Å². The van der Waals surface area contributed by atoms with Gasteiger partial charge in [0.2, 0.25) is 0 Å². The Bertz CT molecular complexity index is 411. The topological polar surface area (TPSA) is 21.3 Å². The van der Waals surface area contributed by atoms with E-state index < -0.39 is 0 Å². The maximum absolute atomic E-state index is 6.24. The molecule has 1 fully saturated rings. The van der Waals surface area contributed by atoms with Crippen molar-refractivity contribution in [2.45, 2.75) is 31.9 Å². The molecule has 0 saturated carbocycles. The molecule has 0 aromatic heterocycles. The van der Waals surface area contributed by atoms with Crippen molar-refractivity contribution in [2.75, 3.05) is 13.7 Å². The highest BCUT2D eigenvalue weighted by Crippen LogP contribution is 2.29. The molecule has 3 atom stereocenters. The van der Waals surface area contributed by atoms with Gasteiger partial charge < -0.3 is 10.1 Å². The van der Waals surface area contributed by atoms with E-state index >= 15 is 0 Å². The molecule has 2 rings (SSSR count). The van der Waals surface area contributed by atoms with Gasteiger partial charge in [0.1, 0.15) is 0 Å². The maximum Gasteiger partial charge on any atom is 0.0757 e. The van der Waals surface area contributed by atoms with Gasteiger partial charge in [-0.25, -0.2) is 0 Å². The van der Waals surface area contributed by atoms with E-state index in [1.54, 1.807) is 0 Å². The highest BCUT2D eigenvalue weighted by molar-refractivity contribution is 6.42. The van der Waals surface area contributed by atoms with Crippen molar-refractivity contribution in [2.24, 2.45) is 5.92 Å². The molecule has 0 radical (unpaired) electrons. The Morgan fingerprint density at radius 1 is 1.44 bits per heavy atom. The van der Waals surface area contributed by atoms with Gasteiger partial charge in [-0.15, -0.1) is 0 Å². The normalized spacial score (nSPS) is 25.3. The molecule has 0 spiro atoms. The summed E-state index contributed by atoms with van der Waals surface area (Å²) in [6.45, 7) is 3.09. The summed E-state index contributed by atoms with van der Waals surface area (Å²) in [6.07, 6.45) is 2.22. The number of rotatable bonds is 4. The predicted molar refractivity (Wildman–Crippen MR) is 76.5 cm³/mol. The third kappa shape index (κ3) is 3.00. The third-order valence-corrected chi connectivity index (χ3v) is 4.54. The number of benzene rings is 1. The number of nitrogens with one attached hydrogen (secondary N) is 1. The molecule has 1 N–H and O–H groups in total. The molecule has 0 bridgehead atoms. The van der Waals surface area contributed by atoms with Crippen LogP contribution in [0.2, 0.25) is 10.0 Å². The SMILES string of the molecule is CNC(Cc1cccc(Cl)c1Cl)C1OCCC1C. The van der Waals surface area contributed by atoms with E-state index in [0.717, 1.165) is 25.0 Å². The van der Waals surface area contributed by atoms with Crippen molar-refractivity contribution >= 4 is 23.2 Å². The Hall–Kier alpha value is -0.280. The van der Waals surface area contributed by atoms with Gasteiger partial charge in [0.15, 0.2) is 0 Å². The van der Waals surface area contributed by atoms with Crippen LogP contribution < -0.4 is 5.32 Å². The zero-order valence-electron chi connectivity index (χ0n) is 10.7. The van der Waals surface area contributed by atoms with Crippen LogP contribution in [-0.4, -0.2) is 25.8 Å². The second-order valence-corrected chi connectivity index (χ2v) is 5.70. The molecule has 18 heavy (non-hydrogen) atoms. The Morgan fingerprint density at radius 3 is 2.83 bits per heavy atom. The first-order valence-electron chi connectivity index (χ1n) is 6.35. The molecule has 1 aliphatic heterocycles. The number of hydrogen-bond acceptors (Lipinski definition) is 2. The van der Waals surface area contributed by atoms with Crippen LogP contribution in [0.4, 0.5) is 0 Å². The van der Waals surface area contributed by atoms with E-state index in [-0.39, 0.29) is 12.1 Å². The first kappa shape index (κ1) is 14.1. The zero-order chi connectivity index (χ0) is 13.1. The largest absolute Gasteiger partial charge is 0.376 e. The summed E-state index contributed by atoms with van der Waals surface area (Å²) >= 11 is 12.3. The Balaban J connectivity index is 2.12. The van der Waals surface area contributed by atoms with Gasteiger partial charge in [-0.1, -0.05) is 42.3 Å². The monoisotopic (exact) mass is 287 g/mol. The summed E-state index contributed by atoms with van der Waals surface area (Å²) in [6, 6.07) is 6.06. The van der Waals surface area contributed by atoms with Crippen molar-refractivity contribution in [3.8, 4) is 0 Å². The highest BCUT2D eigenvalue weighted by atomic mass is 35.5. The van der Waals surface area contributed by atoms with Crippen LogP contribution in [0.25, 0.3) is 0 Å². The average molecular weight is 288 g/mol. The molecule has 3 unspecified atom stereocenters. The maximum atomic E-state index is 6.24.